The Morgan fingerprint density at radius 3 is 2.52 bits per heavy atom. The minimum absolute atomic E-state index is 0.185. The van der Waals surface area contributed by atoms with Crippen LogP contribution in [-0.4, -0.2) is 43.3 Å². The van der Waals surface area contributed by atoms with Crippen LogP contribution in [0.25, 0.3) is 0 Å². The number of benzene rings is 2. The van der Waals surface area contributed by atoms with Gasteiger partial charge in [0.2, 0.25) is 5.95 Å². The van der Waals surface area contributed by atoms with Crippen molar-refractivity contribution in [3.05, 3.63) is 66.1 Å². The van der Waals surface area contributed by atoms with Crippen molar-refractivity contribution in [3.63, 3.8) is 0 Å². The molecule has 0 aliphatic carbocycles. The van der Waals surface area contributed by atoms with E-state index in [1.165, 1.54) is 6.07 Å². The van der Waals surface area contributed by atoms with Crippen molar-refractivity contribution in [2.24, 2.45) is 0 Å². The fraction of sp³-hybridized carbons (Fsp3) is 0.273. The number of aryl methyl sites for hydroxylation is 1. The molecule has 6 nitrogen and oxygen atoms in total. The Kier molecular flexibility index (Phi) is 5.46. The Morgan fingerprint density at radius 1 is 1.00 bits per heavy atom. The number of para-hydroxylation sites is 1. The zero-order chi connectivity index (χ0) is 20.2. The second-order valence-electron chi connectivity index (χ2n) is 7.00. The molecule has 1 aliphatic rings. The van der Waals surface area contributed by atoms with Crippen LogP contribution in [0.1, 0.15) is 5.56 Å². The second-order valence-corrected chi connectivity index (χ2v) is 7.00. The molecule has 2 aromatic carbocycles. The molecule has 2 heterocycles. The van der Waals surface area contributed by atoms with Crippen molar-refractivity contribution in [1.29, 1.82) is 0 Å². The number of rotatable bonds is 5. The first-order chi connectivity index (χ1) is 14.1. The predicted octanol–water partition coefficient (Wildman–Crippen LogP) is 4.00. The molecule has 1 saturated heterocycles. The average Bonchev–Trinajstić information content (AvgIpc) is 2.75. The van der Waals surface area contributed by atoms with Gasteiger partial charge in [0.15, 0.2) is 0 Å². The summed E-state index contributed by atoms with van der Waals surface area (Å²) >= 11 is 0. The van der Waals surface area contributed by atoms with Gasteiger partial charge in [0.25, 0.3) is 0 Å². The lowest BCUT2D eigenvalue weighted by molar-refractivity contribution is 0.416. The van der Waals surface area contributed by atoms with Gasteiger partial charge in [0, 0.05) is 32.4 Å². The molecule has 1 fully saturated rings. The molecule has 0 spiro atoms. The van der Waals surface area contributed by atoms with E-state index in [4.69, 9.17) is 4.74 Å². The van der Waals surface area contributed by atoms with E-state index in [-0.39, 0.29) is 5.82 Å². The zero-order valence-corrected chi connectivity index (χ0v) is 16.6. The number of methoxy groups -OCH3 is 1. The first kappa shape index (κ1) is 19.0. The quantitative estimate of drug-likeness (QED) is 0.707. The molecule has 0 bridgehead atoms. The number of hydrogen-bond donors (Lipinski definition) is 1. The first-order valence-electron chi connectivity index (χ1n) is 9.63. The smallest absolute Gasteiger partial charge is 0.227 e. The van der Waals surface area contributed by atoms with Gasteiger partial charge in [-0.25, -0.2) is 9.37 Å². The lowest BCUT2D eigenvalue weighted by Crippen LogP contribution is -2.47. The Balaban J connectivity index is 1.46. The summed E-state index contributed by atoms with van der Waals surface area (Å²) in [5, 5.41) is 3.32. The lowest BCUT2D eigenvalue weighted by atomic mass is 10.2. The van der Waals surface area contributed by atoms with Crippen LogP contribution < -0.4 is 19.9 Å². The van der Waals surface area contributed by atoms with Crippen LogP contribution in [0.15, 0.2) is 54.7 Å². The number of nitrogens with one attached hydrogen (secondary N) is 1. The summed E-state index contributed by atoms with van der Waals surface area (Å²) < 4.78 is 19.5. The van der Waals surface area contributed by atoms with Crippen molar-refractivity contribution in [2.45, 2.75) is 6.92 Å². The lowest BCUT2D eigenvalue weighted by Gasteiger charge is -2.36. The van der Waals surface area contributed by atoms with Crippen LogP contribution in [-0.2, 0) is 0 Å². The Labute approximate surface area is 170 Å². The molecule has 1 aliphatic heterocycles. The highest BCUT2D eigenvalue weighted by atomic mass is 19.1. The van der Waals surface area contributed by atoms with Crippen LogP contribution in [0.3, 0.4) is 0 Å². The summed E-state index contributed by atoms with van der Waals surface area (Å²) in [5.41, 5.74) is 2.64. The minimum atomic E-state index is -0.185. The highest BCUT2D eigenvalue weighted by Gasteiger charge is 2.21. The molecule has 0 atom stereocenters. The van der Waals surface area contributed by atoms with E-state index >= 15 is 0 Å². The summed E-state index contributed by atoms with van der Waals surface area (Å²) in [7, 11) is 1.65. The van der Waals surface area contributed by atoms with Crippen molar-refractivity contribution < 1.29 is 9.13 Å². The van der Waals surface area contributed by atoms with E-state index in [0.29, 0.717) is 30.5 Å². The summed E-state index contributed by atoms with van der Waals surface area (Å²) in [6.45, 7) is 4.92. The van der Waals surface area contributed by atoms with Gasteiger partial charge in [-0.05, 0) is 42.8 Å². The number of halogens is 1. The van der Waals surface area contributed by atoms with E-state index in [1.54, 1.807) is 19.4 Å². The highest BCUT2D eigenvalue weighted by Crippen LogP contribution is 2.28. The standard InChI is InChI=1S/C22H24FN5O/c1-16-7-8-20(29-2)18(15-16)25-21-9-10-24-22(26-21)28-13-11-27(12-14-28)19-6-4-3-5-17(19)23/h3-10,15H,11-14H2,1-2H3,(H,24,25,26). The van der Waals surface area contributed by atoms with E-state index in [2.05, 4.69) is 25.1 Å². The van der Waals surface area contributed by atoms with Gasteiger partial charge < -0.3 is 19.9 Å². The molecule has 1 aromatic heterocycles. The van der Waals surface area contributed by atoms with E-state index in [1.807, 2.05) is 43.3 Å². The zero-order valence-electron chi connectivity index (χ0n) is 16.6. The fourth-order valence-corrected chi connectivity index (χ4v) is 3.48. The van der Waals surface area contributed by atoms with Crippen LogP contribution in [0.4, 0.5) is 27.5 Å². The number of anilines is 4. The van der Waals surface area contributed by atoms with Gasteiger partial charge in [-0.3, -0.25) is 0 Å². The number of nitrogens with zero attached hydrogens (tertiary/aromatic N) is 4. The highest BCUT2D eigenvalue weighted by molar-refractivity contribution is 5.65. The van der Waals surface area contributed by atoms with Crippen molar-refractivity contribution in [3.8, 4) is 5.75 Å². The largest absolute Gasteiger partial charge is 0.495 e. The molecule has 1 N–H and O–H groups in total. The maximum atomic E-state index is 14.0. The SMILES string of the molecule is COc1ccc(C)cc1Nc1ccnc(N2CCN(c3ccccc3F)CC2)n1. The topological polar surface area (TPSA) is 53.5 Å². The van der Waals surface area contributed by atoms with E-state index < -0.39 is 0 Å². The van der Waals surface area contributed by atoms with Crippen LogP contribution in [0, 0.1) is 12.7 Å². The van der Waals surface area contributed by atoms with Crippen LogP contribution in [0.2, 0.25) is 0 Å². The molecule has 0 radical (unpaired) electrons. The molecule has 0 amide bonds. The Hall–Kier alpha value is -3.35. The van der Waals surface area contributed by atoms with Gasteiger partial charge in [-0.15, -0.1) is 0 Å². The van der Waals surface area contributed by atoms with Crippen LogP contribution in [0.5, 0.6) is 5.75 Å². The fourth-order valence-electron chi connectivity index (χ4n) is 3.48. The molecule has 3 aromatic rings. The number of aromatic nitrogens is 2. The summed E-state index contributed by atoms with van der Waals surface area (Å²) in [5.74, 6) is 1.94. The molecular weight excluding hydrogens is 369 g/mol. The molecule has 0 saturated carbocycles. The van der Waals surface area contributed by atoms with E-state index in [9.17, 15) is 4.39 Å². The van der Waals surface area contributed by atoms with Gasteiger partial charge in [-0.1, -0.05) is 18.2 Å². The first-order valence-corrected chi connectivity index (χ1v) is 9.63. The summed E-state index contributed by atoms with van der Waals surface area (Å²) in [4.78, 5) is 13.3. The van der Waals surface area contributed by atoms with Gasteiger partial charge in [0.1, 0.15) is 17.4 Å². The molecule has 0 unspecified atom stereocenters. The third-order valence-electron chi connectivity index (χ3n) is 5.02. The Morgan fingerprint density at radius 2 is 1.76 bits per heavy atom. The normalized spacial score (nSPS) is 14.0. The minimum Gasteiger partial charge on any atom is -0.495 e. The third kappa shape index (κ3) is 4.23. The van der Waals surface area contributed by atoms with Crippen molar-refractivity contribution in [2.75, 3.05) is 48.4 Å². The predicted molar refractivity (Wildman–Crippen MR) is 114 cm³/mol. The molecule has 29 heavy (non-hydrogen) atoms. The van der Waals surface area contributed by atoms with Crippen molar-refractivity contribution in [1.82, 2.24) is 9.97 Å². The van der Waals surface area contributed by atoms with Crippen LogP contribution >= 0.6 is 0 Å². The van der Waals surface area contributed by atoms with Gasteiger partial charge in [0.05, 0.1) is 18.5 Å². The second kappa shape index (κ2) is 8.34. The Bertz CT molecular complexity index is 988. The van der Waals surface area contributed by atoms with E-state index in [0.717, 1.165) is 30.1 Å². The third-order valence-corrected chi connectivity index (χ3v) is 5.02. The molecular formula is C22H24FN5O. The van der Waals surface area contributed by atoms with Gasteiger partial charge >= 0.3 is 0 Å². The summed E-state index contributed by atoms with van der Waals surface area (Å²) in [6, 6.07) is 14.7. The average molecular weight is 393 g/mol. The number of ether oxygens (including phenoxy) is 1. The molecule has 4 rings (SSSR count). The summed E-state index contributed by atoms with van der Waals surface area (Å²) in [6.07, 6.45) is 1.75. The molecule has 150 valence electrons. The van der Waals surface area contributed by atoms with Crippen molar-refractivity contribution >= 4 is 23.1 Å². The number of hydrogen-bond acceptors (Lipinski definition) is 6. The monoisotopic (exact) mass is 393 g/mol. The maximum absolute atomic E-state index is 14.0. The van der Waals surface area contributed by atoms with Gasteiger partial charge in [-0.2, -0.15) is 4.98 Å². The number of piperazine rings is 1. The molecule has 7 heteroatoms. The maximum Gasteiger partial charge on any atom is 0.227 e.